The molecule has 6 aromatic rings. The normalized spacial score (nSPS) is 14.3. The molecule has 4 aromatic heterocycles. The highest BCUT2D eigenvalue weighted by Gasteiger charge is 2.39. The predicted molar refractivity (Wildman–Crippen MR) is 134 cm³/mol. The van der Waals surface area contributed by atoms with Crippen molar-refractivity contribution in [1.82, 2.24) is 29.4 Å². The van der Waals surface area contributed by atoms with Crippen molar-refractivity contribution in [3.8, 4) is 23.2 Å². The number of aromatic nitrogens is 6. The summed E-state index contributed by atoms with van der Waals surface area (Å²) >= 11 is 0. The zero-order valence-corrected chi connectivity index (χ0v) is 20.2. The minimum Gasteiger partial charge on any atom is -0.486 e. The van der Waals surface area contributed by atoms with E-state index in [2.05, 4.69) is 10.1 Å². The minimum atomic E-state index is -0.322. The zero-order valence-electron chi connectivity index (χ0n) is 20.2. The third-order valence-corrected chi connectivity index (χ3v) is 6.48. The van der Waals surface area contributed by atoms with Gasteiger partial charge in [0.25, 0.3) is 0 Å². The van der Waals surface area contributed by atoms with Crippen molar-refractivity contribution in [2.75, 3.05) is 0 Å². The molecule has 2 aromatic carbocycles. The lowest BCUT2D eigenvalue weighted by Gasteiger charge is -2.24. The quantitative estimate of drug-likeness (QED) is 0.320. The number of hydrogen-bond acceptors (Lipinski definition) is 7. The van der Waals surface area contributed by atoms with Gasteiger partial charge < -0.3 is 13.9 Å². The molecule has 0 saturated carbocycles. The van der Waals surface area contributed by atoms with Crippen molar-refractivity contribution >= 4 is 5.65 Å². The van der Waals surface area contributed by atoms with Gasteiger partial charge in [-0.15, -0.1) is 5.10 Å². The van der Waals surface area contributed by atoms with Gasteiger partial charge in [-0.05, 0) is 50.2 Å². The third-order valence-electron chi connectivity index (χ3n) is 6.48. The summed E-state index contributed by atoms with van der Waals surface area (Å²) in [6.07, 6.45) is 3.27. The first-order valence-corrected chi connectivity index (χ1v) is 12.0. The summed E-state index contributed by atoms with van der Waals surface area (Å²) in [6.45, 7) is 4.24. The first kappa shape index (κ1) is 21.4. The Labute approximate surface area is 211 Å². The molecule has 0 radical (unpaired) electrons. The number of ether oxygens (including phenoxy) is 2. The number of rotatable bonds is 5. The summed E-state index contributed by atoms with van der Waals surface area (Å²) in [5, 5.41) is 9.43. The summed E-state index contributed by atoms with van der Waals surface area (Å²) in [7, 11) is 0. The van der Waals surface area contributed by atoms with E-state index in [0.717, 1.165) is 34.0 Å². The molecule has 0 unspecified atom stereocenters. The van der Waals surface area contributed by atoms with E-state index in [1.807, 2.05) is 80.6 Å². The third kappa shape index (κ3) is 3.55. The van der Waals surface area contributed by atoms with E-state index >= 15 is 0 Å². The lowest BCUT2D eigenvalue weighted by molar-refractivity contribution is 0.296. The molecular weight excluding hydrogens is 468 g/mol. The van der Waals surface area contributed by atoms with E-state index < -0.39 is 0 Å². The summed E-state index contributed by atoms with van der Waals surface area (Å²) in [4.78, 5) is 9.43. The fraction of sp³-hybridized carbons (Fsp3) is 0.143. The van der Waals surface area contributed by atoms with Crippen LogP contribution < -0.4 is 9.47 Å². The van der Waals surface area contributed by atoms with Gasteiger partial charge >= 0.3 is 0 Å². The second-order valence-corrected chi connectivity index (χ2v) is 8.96. The predicted octanol–water partition coefficient (Wildman–Crippen LogP) is 5.38. The van der Waals surface area contributed by atoms with E-state index in [9.17, 15) is 0 Å². The van der Waals surface area contributed by atoms with Crippen molar-refractivity contribution in [2.24, 2.45) is 0 Å². The molecule has 37 heavy (non-hydrogen) atoms. The Kier molecular flexibility index (Phi) is 4.81. The molecule has 0 saturated heterocycles. The van der Waals surface area contributed by atoms with Crippen molar-refractivity contribution in [2.45, 2.75) is 26.4 Å². The number of benzene rings is 2. The van der Waals surface area contributed by atoms with Gasteiger partial charge in [0.2, 0.25) is 11.8 Å². The molecule has 5 heterocycles. The average Bonchev–Trinajstić information content (AvgIpc) is 3.67. The van der Waals surface area contributed by atoms with Crippen molar-refractivity contribution in [3.05, 3.63) is 113 Å². The second kappa shape index (κ2) is 8.34. The monoisotopic (exact) mass is 490 g/mol. The number of para-hydroxylation sites is 1. The fourth-order valence-electron chi connectivity index (χ4n) is 4.75. The number of fused-ring (bicyclic) bond motifs is 4. The topological polar surface area (TPSA) is 92.5 Å². The van der Waals surface area contributed by atoms with Crippen LogP contribution in [-0.4, -0.2) is 29.4 Å². The Morgan fingerprint density at radius 1 is 0.919 bits per heavy atom. The van der Waals surface area contributed by atoms with Crippen LogP contribution in [0.4, 0.5) is 0 Å². The average molecular weight is 491 g/mol. The molecular formula is C28H22N6O3. The summed E-state index contributed by atoms with van der Waals surface area (Å²) < 4.78 is 21.7. The highest BCUT2D eigenvalue weighted by molar-refractivity contribution is 5.65. The van der Waals surface area contributed by atoms with Crippen LogP contribution in [-0.2, 0) is 6.61 Å². The Morgan fingerprint density at radius 3 is 2.54 bits per heavy atom. The fourth-order valence-corrected chi connectivity index (χ4v) is 4.75. The van der Waals surface area contributed by atoms with Gasteiger partial charge in [-0.25, -0.2) is 19.2 Å². The van der Waals surface area contributed by atoms with Crippen LogP contribution in [0.1, 0.15) is 39.9 Å². The molecule has 0 aliphatic carbocycles. The molecule has 0 spiro atoms. The Balaban J connectivity index is 1.34. The summed E-state index contributed by atoms with van der Waals surface area (Å²) in [6, 6.07) is 21.6. The van der Waals surface area contributed by atoms with Crippen LogP contribution >= 0.6 is 0 Å². The lowest BCUT2D eigenvalue weighted by atomic mass is 9.88. The van der Waals surface area contributed by atoms with Crippen molar-refractivity contribution in [1.29, 1.82) is 0 Å². The van der Waals surface area contributed by atoms with Crippen LogP contribution in [0, 0.1) is 13.8 Å². The zero-order chi connectivity index (χ0) is 24.9. The van der Waals surface area contributed by atoms with Gasteiger partial charge in [0, 0.05) is 0 Å². The Morgan fingerprint density at radius 2 is 1.76 bits per heavy atom. The highest BCUT2D eigenvalue weighted by atomic mass is 16.5. The maximum Gasteiger partial charge on any atom is 0.230 e. The van der Waals surface area contributed by atoms with Gasteiger partial charge in [0.05, 0.1) is 34.7 Å². The first-order valence-electron chi connectivity index (χ1n) is 12.0. The molecule has 9 nitrogen and oxygen atoms in total. The maximum absolute atomic E-state index is 6.41. The summed E-state index contributed by atoms with van der Waals surface area (Å²) in [5.74, 6) is 2.77. The van der Waals surface area contributed by atoms with Crippen LogP contribution in [0.2, 0.25) is 0 Å². The van der Waals surface area contributed by atoms with Crippen molar-refractivity contribution < 1.29 is 13.9 Å². The highest BCUT2D eigenvalue weighted by Crippen LogP contribution is 2.49. The van der Waals surface area contributed by atoms with Gasteiger partial charge in [-0.2, -0.15) is 5.10 Å². The summed E-state index contributed by atoms with van der Waals surface area (Å²) in [5.41, 5.74) is 5.20. The van der Waals surface area contributed by atoms with E-state index in [1.54, 1.807) is 21.8 Å². The number of furan rings is 1. The minimum absolute atomic E-state index is 0.224. The van der Waals surface area contributed by atoms with E-state index in [-0.39, 0.29) is 12.5 Å². The smallest absolute Gasteiger partial charge is 0.230 e. The number of aryl methyl sites for hydroxylation is 2. The maximum atomic E-state index is 6.41. The van der Waals surface area contributed by atoms with E-state index in [1.165, 1.54) is 5.56 Å². The standard InChI is InChI=1S/C28H22N6O3/c1-17-10-12-20(13-11-17)36-15-22-30-26-25-24(21-9-6-14-35-21)23-18(2)31-34(19-7-4-3-5-8-19)28(23)37-27(25)29-16-33(26)32-22/h3-14,16,24H,15H2,1-2H3/t24-/m0/s1. The number of hydrogen-bond donors (Lipinski definition) is 0. The molecule has 182 valence electrons. The van der Waals surface area contributed by atoms with Gasteiger partial charge in [0.15, 0.2) is 11.5 Å². The van der Waals surface area contributed by atoms with Crippen LogP contribution in [0.15, 0.2) is 83.7 Å². The Hall–Kier alpha value is -4.92. The first-order chi connectivity index (χ1) is 18.2. The Bertz CT molecular complexity index is 1720. The molecule has 7 rings (SSSR count). The van der Waals surface area contributed by atoms with Gasteiger partial charge in [-0.3, -0.25) is 0 Å². The molecule has 0 fully saturated rings. The van der Waals surface area contributed by atoms with Crippen LogP contribution in [0.25, 0.3) is 11.3 Å². The van der Waals surface area contributed by atoms with Crippen molar-refractivity contribution in [3.63, 3.8) is 0 Å². The second-order valence-electron chi connectivity index (χ2n) is 8.96. The van der Waals surface area contributed by atoms with Gasteiger partial charge in [-0.1, -0.05) is 35.9 Å². The van der Waals surface area contributed by atoms with E-state index in [0.29, 0.717) is 23.2 Å². The van der Waals surface area contributed by atoms with Crippen LogP contribution in [0.5, 0.6) is 17.5 Å². The molecule has 0 bridgehead atoms. The lowest BCUT2D eigenvalue weighted by Crippen LogP contribution is -2.15. The van der Waals surface area contributed by atoms with Crippen LogP contribution in [0.3, 0.4) is 0 Å². The number of nitrogens with zero attached hydrogens (tertiary/aromatic N) is 6. The molecule has 0 N–H and O–H groups in total. The molecule has 9 heteroatoms. The largest absolute Gasteiger partial charge is 0.486 e. The molecule has 1 aliphatic rings. The van der Waals surface area contributed by atoms with E-state index in [4.69, 9.17) is 24.0 Å². The molecule has 1 aliphatic heterocycles. The molecule has 0 amide bonds. The SMILES string of the molecule is Cc1ccc(OCc2nc3c4c(ncn3n2)Oc2c(c(C)nn2-c2ccccc2)[C@@H]4c2ccco2)cc1. The molecule has 1 atom stereocenters. The van der Waals surface area contributed by atoms with Gasteiger partial charge in [0.1, 0.15) is 24.4 Å².